The number of nitrogens with one attached hydrogen (secondary N) is 1. The highest BCUT2D eigenvalue weighted by atomic mass is 35.5. The normalized spacial score (nSPS) is 14.3. The van der Waals surface area contributed by atoms with E-state index >= 15 is 0 Å². The predicted octanol–water partition coefficient (Wildman–Crippen LogP) is 5.04. The Bertz CT molecular complexity index is 2030. The van der Waals surface area contributed by atoms with E-state index in [1.807, 2.05) is 15.4 Å². The maximum Gasteiger partial charge on any atom is 0.420 e. The van der Waals surface area contributed by atoms with Crippen molar-refractivity contribution in [2.45, 2.75) is 52.7 Å². The summed E-state index contributed by atoms with van der Waals surface area (Å²) in [4.78, 5) is 22.9. The summed E-state index contributed by atoms with van der Waals surface area (Å²) in [5.41, 5.74) is 3.63. The minimum absolute atomic E-state index is 0.406. The number of pyridine rings is 2. The largest absolute Gasteiger partial charge is 0.443 e. The Balaban J connectivity index is 0.000000156. The average molecular weight is 682 g/mol. The molecule has 0 aromatic carbocycles. The molecule has 16 nitrogen and oxygen atoms in total. The molecule has 2 aliphatic rings. The zero-order valence-corrected chi connectivity index (χ0v) is 27.2. The molecule has 6 aromatic rings. The van der Waals surface area contributed by atoms with Gasteiger partial charge in [0.2, 0.25) is 0 Å². The van der Waals surface area contributed by atoms with Crippen molar-refractivity contribution < 1.29 is 19.0 Å². The number of aromatic nitrogens is 10. The van der Waals surface area contributed by atoms with Crippen molar-refractivity contribution in [2.75, 3.05) is 23.4 Å². The Hall–Kier alpha value is -4.77. The number of carbonyl (C=O) groups is 1. The van der Waals surface area contributed by atoms with Gasteiger partial charge in [0.05, 0.1) is 66.6 Å². The van der Waals surface area contributed by atoms with Gasteiger partial charge in [-0.2, -0.15) is 20.4 Å². The molecule has 2 aliphatic heterocycles. The molecule has 0 bridgehead atoms. The van der Waals surface area contributed by atoms with Crippen LogP contribution >= 0.6 is 23.2 Å². The quantitative estimate of drug-likeness (QED) is 0.266. The molecule has 8 rings (SSSR count). The fourth-order valence-corrected chi connectivity index (χ4v) is 5.53. The summed E-state index contributed by atoms with van der Waals surface area (Å²) in [5.74, 6) is 1.16. The lowest BCUT2D eigenvalue weighted by atomic mass is 10.2. The Kier molecular flexibility index (Phi) is 8.17. The summed E-state index contributed by atoms with van der Waals surface area (Å²) in [6, 6.07) is 7.22. The first-order valence-electron chi connectivity index (χ1n) is 14.7. The number of hydrogen-bond acceptors (Lipinski definition) is 11. The Morgan fingerprint density at radius 3 is 2.15 bits per heavy atom. The SMILES string of the molecule is CC(C)(C)OC(=O)N(c1cc2n(n1)CCOC2)c1cc(Cl)cn2ncnc12.Clc1cc(Nc2cc3n(n2)CCOC3)c2ncnn2c1. The number of nitrogens with zero attached hydrogens (tertiary/aromatic N) is 11. The van der Waals surface area contributed by atoms with E-state index in [4.69, 9.17) is 37.4 Å². The molecular formula is C29H30Cl2N12O4. The van der Waals surface area contributed by atoms with E-state index in [-0.39, 0.29) is 0 Å². The van der Waals surface area contributed by atoms with E-state index in [1.165, 1.54) is 22.1 Å². The van der Waals surface area contributed by atoms with E-state index in [9.17, 15) is 4.79 Å². The number of carbonyl (C=O) groups excluding carboxylic acids is 1. The van der Waals surface area contributed by atoms with Crippen LogP contribution in [0.5, 0.6) is 0 Å². The molecule has 0 atom stereocenters. The lowest BCUT2D eigenvalue weighted by Crippen LogP contribution is -2.34. The number of ether oxygens (including phenoxy) is 3. The predicted molar refractivity (Wildman–Crippen MR) is 171 cm³/mol. The lowest BCUT2D eigenvalue weighted by Gasteiger charge is -2.26. The van der Waals surface area contributed by atoms with E-state index < -0.39 is 11.7 Å². The number of rotatable bonds is 4. The van der Waals surface area contributed by atoms with E-state index in [0.29, 0.717) is 65.8 Å². The number of hydrogen-bond donors (Lipinski definition) is 1. The van der Waals surface area contributed by atoms with Gasteiger partial charge in [-0.3, -0.25) is 9.36 Å². The highest BCUT2D eigenvalue weighted by molar-refractivity contribution is 6.31. The molecule has 0 saturated carbocycles. The molecular weight excluding hydrogens is 651 g/mol. The fraction of sp³-hybridized carbons (Fsp3) is 0.345. The number of fused-ring (bicyclic) bond motifs is 4. The second kappa shape index (κ2) is 12.4. The summed E-state index contributed by atoms with van der Waals surface area (Å²) in [6.07, 6.45) is 5.64. The monoisotopic (exact) mass is 680 g/mol. The van der Waals surface area contributed by atoms with Gasteiger partial charge in [-0.1, -0.05) is 23.2 Å². The minimum Gasteiger partial charge on any atom is -0.443 e. The van der Waals surface area contributed by atoms with E-state index in [2.05, 4.69) is 35.7 Å². The van der Waals surface area contributed by atoms with E-state index in [1.54, 1.807) is 55.9 Å². The van der Waals surface area contributed by atoms with Gasteiger partial charge >= 0.3 is 6.09 Å². The molecule has 8 heterocycles. The molecule has 0 unspecified atom stereocenters. The van der Waals surface area contributed by atoms with Crippen LogP contribution in [0.1, 0.15) is 32.2 Å². The summed E-state index contributed by atoms with van der Waals surface area (Å²) < 4.78 is 23.4. The molecule has 18 heteroatoms. The molecule has 0 saturated heterocycles. The Labute approximate surface area is 277 Å². The molecule has 0 fully saturated rings. The van der Waals surface area contributed by atoms with Crippen LogP contribution in [0.15, 0.2) is 49.3 Å². The molecule has 0 aliphatic carbocycles. The van der Waals surface area contributed by atoms with Crippen LogP contribution in [0.2, 0.25) is 10.0 Å². The second-order valence-corrected chi connectivity index (χ2v) is 12.6. The molecule has 1 amide bonds. The van der Waals surface area contributed by atoms with Crippen molar-refractivity contribution in [1.29, 1.82) is 0 Å². The van der Waals surface area contributed by atoms with Crippen molar-refractivity contribution in [2.24, 2.45) is 0 Å². The standard InChI is InChI=1S/C17H19ClN6O3.C12H11ClN6O/c1-17(2,3)27-16(25)24(14-7-12-9-26-5-4-22(12)21-14)13-6-11(18)8-23-15(13)19-10-20-23;13-8-3-10(12-14-7-15-19(12)5-8)16-11-4-9-6-20-2-1-18(9)17-11/h6-8,10H,4-5,9H2,1-3H3;3-5,7H,1-2,6H2,(H,16,17). The molecule has 1 N–H and O–H groups in total. The second-order valence-electron chi connectivity index (χ2n) is 11.7. The summed E-state index contributed by atoms with van der Waals surface area (Å²) in [6.45, 7) is 9.10. The first-order valence-corrected chi connectivity index (χ1v) is 15.4. The number of halogens is 2. The van der Waals surface area contributed by atoms with Crippen molar-refractivity contribution in [3.05, 3.63) is 70.7 Å². The molecule has 244 valence electrons. The van der Waals surface area contributed by atoms with Crippen LogP contribution in [-0.4, -0.2) is 73.7 Å². The van der Waals surface area contributed by atoms with Crippen LogP contribution in [0, 0.1) is 0 Å². The molecule has 6 aromatic heterocycles. The van der Waals surface area contributed by atoms with Crippen LogP contribution in [0.25, 0.3) is 11.3 Å². The summed E-state index contributed by atoms with van der Waals surface area (Å²) >= 11 is 12.3. The first kappa shape index (κ1) is 30.9. The average Bonchev–Trinajstić information content (AvgIpc) is 3.81. The van der Waals surface area contributed by atoms with Crippen LogP contribution in [0.4, 0.5) is 27.8 Å². The maximum absolute atomic E-state index is 13.1. The van der Waals surface area contributed by atoms with E-state index in [0.717, 1.165) is 29.4 Å². The van der Waals surface area contributed by atoms with Gasteiger partial charge < -0.3 is 19.5 Å². The van der Waals surface area contributed by atoms with Crippen molar-refractivity contribution >= 4 is 63.6 Å². The lowest BCUT2D eigenvalue weighted by molar-refractivity contribution is 0.0598. The zero-order chi connectivity index (χ0) is 32.7. The van der Waals surface area contributed by atoms with Gasteiger partial charge in [-0.15, -0.1) is 0 Å². The number of amides is 1. The first-order chi connectivity index (χ1) is 22.6. The third-order valence-corrected chi connectivity index (χ3v) is 7.49. The Morgan fingerprint density at radius 2 is 1.49 bits per heavy atom. The highest BCUT2D eigenvalue weighted by Gasteiger charge is 2.30. The van der Waals surface area contributed by atoms with Gasteiger partial charge in [0.15, 0.2) is 22.9 Å². The van der Waals surface area contributed by atoms with Crippen molar-refractivity contribution in [3.8, 4) is 0 Å². The molecule has 0 spiro atoms. The van der Waals surface area contributed by atoms with Gasteiger partial charge in [0.25, 0.3) is 0 Å². The van der Waals surface area contributed by atoms with Crippen LogP contribution in [-0.2, 0) is 40.5 Å². The van der Waals surface area contributed by atoms with Crippen LogP contribution in [0.3, 0.4) is 0 Å². The topological polar surface area (TPSA) is 156 Å². The summed E-state index contributed by atoms with van der Waals surface area (Å²) in [5, 5.41) is 21.5. The van der Waals surface area contributed by atoms with Gasteiger partial charge in [0, 0.05) is 24.5 Å². The maximum atomic E-state index is 13.1. The summed E-state index contributed by atoms with van der Waals surface area (Å²) in [7, 11) is 0. The van der Waals surface area contributed by atoms with Gasteiger partial charge in [0.1, 0.15) is 23.9 Å². The van der Waals surface area contributed by atoms with Gasteiger partial charge in [-0.25, -0.2) is 28.7 Å². The highest BCUT2D eigenvalue weighted by Crippen LogP contribution is 2.33. The third-order valence-electron chi connectivity index (χ3n) is 7.08. The van der Waals surface area contributed by atoms with Crippen LogP contribution < -0.4 is 10.2 Å². The molecule has 0 radical (unpaired) electrons. The smallest absolute Gasteiger partial charge is 0.420 e. The zero-order valence-electron chi connectivity index (χ0n) is 25.7. The molecule has 47 heavy (non-hydrogen) atoms. The third kappa shape index (κ3) is 6.58. The Morgan fingerprint density at radius 1 is 0.872 bits per heavy atom. The fourth-order valence-electron chi connectivity index (χ4n) is 5.13. The van der Waals surface area contributed by atoms with Crippen molar-refractivity contribution in [1.82, 2.24) is 48.8 Å². The minimum atomic E-state index is -0.680. The van der Waals surface area contributed by atoms with Crippen molar-refractivity contribution in [3.63, 3.8) is 0 Å². The number of anilines is 4. The van der Waals surface area contributed by atoms with Gasteiger partial charge in [-0.05, 0) is 32.9 Å².